The summed E-state index contributed by atoms with van der Waals surface area (Å²) in [5.74, 6) is 4.72. The predicted molar refractivity (Wildman–Crippen MR) is 263 cm³/mol. The average Bonchev–Trinajstić information content (AvgIpc) is 3.79. The third-order valence-corrected chi connectivity index (χ3v) is 13.2. The molecule has 16 heteroatoms. The molecule has 1 atom stereocenters. The normalized spacial score (nSPS) is 18.3. The lowest BCUT2D eigenvalue weighted by Crippen LogP contribution is -2.48. The Labute approximate surface area is 406 Å². The van der Waals surface area contributed by atoms with Crippen LogP contribution in [0.2, 0.25) is 0 Å². The Balaban J connectivity index is 0.000000211. The van der Waals surface area contributed by atoms with Crippen LogP contribution < -0.4 is 10.1 Å². The number of nitrogens with zero attached hydrogens (tertiary/aromatic N) is 5. The van der Waals surface area contributed by atoms with Gasteiger partial charge in [0.2, 0.25) is 11.8 Å². The lowest BCUT2D eigenvalue weighted by atomic mass is 9.85. The molecule has 3 fully saturated rings. The van der Waals surface area contributed by atoms with E-state index >= 15 is 0 Å². The van der Waals surface area contributed by atoms with Gasteiger partial charge in [-0.25, -0.2) is 4.79 Å². The molecular weight excluding hydrogens is 1050 g/mol. The molecule has 8 rings (SSSR count). The number of hydrogen-bond acceptors (Lipinski definition) is 9. The average molecular weight is 1110 g/mol. The molecule has 4 aliphatic rings. The minimum Gasteiger partial charge on any atom is -0.497 e. The van der Waals surface area contributed by atoms with E-state index in [9.17, 15) is 28.8 Å². The molecule has 0 spiro atoms. The third-order valence-electron chi connectivity index (χ3n) is 11.8. The van der Waals surface area contributed by atoms with Gasteiger partial charge in [-0.15, -0.1) is 0 Å². The summed E-state index contributed by atoms with van der Waals surface area (Å²) < 4.78 is 7.44. The fraction of sp³-hybridized carbons (Fsp3) is 0.347. The summed E-state index contributed by atoms with van der Waals surface area (Å²) in [6.45, 7) is 13.5. The van der Waals surface area contributed by atoms with Gasteiger partial charge in [0.1, 0.15) is 11.2 Å². The number of carbonyl (C=O) groups excluding carboxylic acids is 5. The first-order chi connectivity index (χ1) is 31.2. The maximum Gasteiger partial charge on any atom is 0.335 e. The van der Waals surface area contributed by atoms with Crippen molar-refractivity contribution in [1.82, 2.24) is 29.8 Å². The van der Waals surface area contributed by atoms with Crippen molar-refractivity contribution in [2.45, 2.75) is 26.8 Å². The highest BCUT2D eigenvalue weighted by molar-refractivity contribution is 14.1. The number of likely N-dealkylation sites (N-methyl/N-ethyl adjacent to an activating group) is 2. The summed E-state index contributed by atoms with van der Waals surface area (Å²) in [4.78, 5) is 83.7. The molecule has 0 bridgehead atoms. The van der Waals surface area contributed by atoms with Crippen LogP contribution in [0.1, 0.15) is 72.8 Å². The van der Waals surface area contributed by atoms with Crippen LogP contribution in [0.4, 0.5) is 0 Å². The zero-order valence-corrected chi connectivity index (χ0v) is 41.0. The van der Waals surface area contributed by atoms with Crippen molar-refractivity contribution in [2.75, 3.05) is 79.1 Å². The number of carboxylic acid groups (broad SMARTS) is 1. The molecule has 0 aliphatic carbocycles. The Morgan fingerprint density at radius 1 is 0.708 bits per heavy atom. The Bertz CT molecular complexity index is 2440. The Hall–Kier alpha value is -5.36. The quantitative estimate of drug-likeness (QED) is 0.130. The minimum absolute atomic E-state index is 0.00624. The first-order valence-electron chi connectivity index (χ1n) is 21.4. The van der Waals surface area contributed by atoms with E-state index in [0.29, 0.717) is 47.6 Å². The molecule has 4 aromatic rings. The largest absolute Gasteiger partial charge is 0.497 e. The standard InChI is InChI=1S/C29H30N4O5.C13H17IN2O.C7H5IO2/c1-3-31-12-14-32(15-13-31)26(35)21-6-4-20(5-7-21)10-11-29(17-25(34)30-28(29)37)19-33-18-22-8-9-23(38-2)16-24(22)27(33)36;1-2-15-7-9-16(10-8-15)13(17)11-3-5-12(14)6-4-11;8-6-3-1-5(2-4-6)7(9)10/h4-9,16H,3,12-15,17-19H2,1-2H3,(H,30,34,37);3-6H,2,7-10H2,1H3;1-4H,(H,9,10)/t29-;;/m1../s1. The topological polar surface area (TPSA) is 160 Å². The molecule has 14 nitrogen and oxygen atoms in total. The van der Waals surface area contributed by atoms with Crippen LogP contribution in [0, 0.1) is 24.4 Å². The Kier molecular flexibility index (Phi) is 17.1. The molecule has 4 aliphatic heterocycles. The second-order valence-corrected chi connectivity index (χ2v) is 18.4. The molecule has 0 aromatic heterocycles. The molecular formula is C49H52I2N6O8. The first kappa shape index (κ1) is 49.1. The Morgan fingerprint density at radius 2 is 1.20 bits per heavy atom. The zero-order chi connectivity index (χ0) is 46.7. The number of imide groups is 1. The number of fused-ring (bicyclic) bond motifs is 1. The van der Waals surface area contributed by atoms with Crippen LogP contribution in [-0.4, -0.2) is 144 Å². The summed E-state index contributed by atoms with van der Waals surface area (Å²) in [6.07, 6.45) is -0.122. The molecule has 0 radical (unpaired) electrons. The van der Waals surface area contributed by atoms with E-state index < -0.39 is 23.2 Å². The highest BCUT2D eigenvalue weighted by atomic mass is 127. The summed E-state index contributed by atoms with van der Waals surface area (Å²) in [7, 11) is 1.54. The van der Waals surface area contributed by atoms with Gasteiger partial charge in [0, 0.05) is 94.8 Å². The van der Waals surface area contributed by atoms with Crippen molar-refractivity contribution in [3.05, 3.63) is 132 Å². The number of benzene rings is 4. The smallest absolute Gasteiger partial charge is 0.335 e. The lowest BCUT2D eigenvalue weighted by Gasteiger charge is -2.34. The van der Waals surface area contributed by atoms with Crippen LogP contribution in [0.3, 0.4) is 0 Å². The van der Waals surface area contributed by atoms with E-state index in [4.69, 9.17) is 9.84 Å². The van der Waals surface area contributed by atoms with Crippen molar-refractivity contribution in [3.63, 3.8) is 0 Å². The van der Waals surface area contributed by atoms with Crippen LogP contribution in [0.25, 0.3) is 0 Å². The number of methoxy groups -OCH3 is 1. The minimum atomic E-state index is -1.35. The fourth-order valence-electron chi connectivity index (χ4n) is 7.81. The molecule has 0 saturated carbocycles. The van der Waals surface area contributed by atoms with Gasteiger partial charge < -0.3 is 34.3 Å². The molecule has 2 N–H and O–H groups in total. The lowest BCUT2D eigenvalue weighted by molar-refractivity contribution is -0.127. The molecule has 5 amide bonds. The number of rotatable bonds is 8. The molecule has 3 saturated heterocycles. The van der Waals surface area contributed by atoms with Crippen LogP contribution >= 0.6 is 45.2 Å². The van der Waals surface area contributed by atoms with Crippen LogP contribution in [-0.2, 0) is 16.1 Å². The number of nitrogens with one attached hydrogen (secondary N) is 1. The van der Waals surface area contributed by atoms with Crippen molar-refractivity contribution >= 4 is 80.7 Å². The number of carboxylic acids is 1. The molecule has 4 aromatic carbocycles. The molecule has 0 unspecified atom stereocenters. The van der Waals surface area contributed by atoms with Gasteiger partial charge in [-0.1, -0.05) is 31.8 Å². The third kappa shape index (κ3) is 12.7. The van der Waals surface area contributed by atoms with Gasteiger partial charge in [0.15, 0.2) is 0 Å². The SMILES string of the molecule is CCN1CCN(C(=O)c2ccc(C#C[C@]3(CN4Cc5ccc(OC)cc5C4=O)CC(=O)NC3=O)cc2)CC1.CCN1CCN(C(=O)c2ccc(I)cc2)CC1.O=C(O)c1ccc(I)cc1. The highest BCUT2D eigenvalue weighted by Gasteiger charge is 2.48. The first-order valence-corrected chi connectivity index (χ1v) is 23.6. The van der Waals surface area contributed by atoms with Gasteiger partial charge in [0.25, 0.3) is 17.7 Å². The van der Waals surface area contributed by atoms with Gasteiger partial charge in [0.05, 0.1) is 19.1 Å². The van der Waals surface area contributed by atoms with E-state index in [-0.39, 0.29) is 30.7 Å². The Morgan fingerprint density at radius 3 is 1.65 bits per heavy atom. The maximum absolute atomic E-state index is 13.1. The number of amides is 5. The van der Waals surface area contributed by atoms with E-state index in [1.165, 1.54) is 7.11 Å². The summed E-state index contributed by atoms with van der Waals surface area (Å²) in [6, 6.07) is 26.8. The van der Waals surface area contributed by atoms with E-state index in [1.807, 2.05) is 40.1 Å². The number of halogens is 2. The second-order valence-electron chi connectivity index (χ2n) is 15.9. The predicted octanol–water partition coefficient (Wildman–Crippen LogP) is 5.57. The van der Waals surface area contributed by atoms with Gasteiger partial charge in [-0.05, 0) is 149 Å². The van der Waals surface area contributed by atoms with Gasteiger partial charge in [-0.2, -0.15) is 0 Å². The number of aromatic carboxylic acids is 1. The molecule has 4 heterocycles. The second kappa shape index (κ2) is 22.7. The zero-order valence-electron chi connectivity index (χ0n) is 36.6. The number of hydrogen-bond donors (Lipinski definition) is 2. The van der Waals surface area contributed by atoms with Crippen molar-refractivity contribution in [2.24, 2.45) is 5.41 Å². The van der Waals surface area contributed by atoms with Crippen molar-refractivity contribution < 1.29 is 38.6 Å². The fourth-order valence-corrected chi connectivity index (χ4v) is 8.53. The van der Waals surface area contributed by atoms with Crippen molar-refractivity contribution in [1.29, 1.82) is 0 Å². The summed E-state index contributed by atoms with van der Waals surface area (Å²) in [5, 5.41) is 10.8. The highest BCUT2D eigenvalue weighted by Crippen LogP contribution is 2.34. The van der Waals surface area contributed by atoms with Crippen LogP contribution in [0.5, 0.6) is 5.75 Å². The summed E-state index contributed by atoms with van der Waals surface area (Å²) >= 11 is 4.38. The number of carbonyl (C=O) groups is 6. The number of piperazine rings is 2. The monoisotopic (exact) mass is 1110 g/mol. The van der Waals surface area contributed by atoms with Crippen molar-refractivity contribution in [3.8, 4) is 17.6 Å². The van der Waals surface area contributed by atoms with E-state index in [1.54, 1.807) is 65.6 Å². The number of ether oxygens (including phenoxy) is 1. The van der Waals surface area contributed by atoms with Gasteiger partial charge >= 0.3 is 5.97 Å². The summed E-state index contributed by atoms with van der Waals surface area (Å²) in [5.41, 5.74) is 2.33. The maximum atomic E-state index is 13.1. The molecule has 65 heavy (non-hydrogen) atoms. The molecule has 340 valence electrons. The van der Waals surface area contributed by atoms with E-state index in [0.717, 1.165) is 70.6 Å². The van der Waals surface area contributed by atoms with Crippen LogP contribution in [0.15, 0.2) is 91.0 Å². The van der Waals surface area contributed by atoms with Gasteiger partial charge in [-0.3, -0.25) is 29.3 Å². The van der Waals surface area contributed by atoms with E-state index in [2.05, 4.69) is 86.0 Å².